The number of hydrogen-bond acceptors (Lipinski definition) is 0. The standard InChI is InChI=1S/C13H20Cl/c1-13(2,3)12-9-5-4-7-11(12)8-6-10-14/h4,7,9H,5-6,8,10H2,1-3H3. The molecule has 0 aliphatic heterocycles. The van der Waals surface area contributed by atoms with Crippen molar-refractivity contribution in [1.82, 2.24) is 0 Å². The molecule has 0 aromatic rings. The van der Waals surface area contributed by atoms with E-state index < -0.39 is 0 Å². The average Bonchev–Trinajstić information content (AvgIpc) is 2.14. The highest BCUT2D eigenvalue weighted by atomic mass is 35.5. The van der Waals surface area contributed by atoms with Crippen LogP contribution in [0.15, 0.2) is 23.3 Å². The van der Waals surface area contributed by atoms with Crippen molar-refractivity contribution in [1.29, 1.82) is 0 Å². The molecular weight excluding hydrogens is 192 g/mol. The van der Waals surface area contributed by atoms with Crippen LogP contribution in [0.4, 0.5) is 0 Å². The van der Waals surface area contributed by atoms with E-state index in [9.17, 15) is 0 Å². The van der Waals surface area contributed by atoms with Crippen LogP contribution in [0.1, 0.15) is 40.0 Å². The highest BCUT2D eigenvalue weighted by molar-refractivity contribution is 6.17. The molecule has 0 amide bonds. The van der Waals surface area contributed by atoms with E-state index in [1.165, 1.54) is 11.1 Å². The summed E-state index contributed by atoms with van der Waals surface area (Å²) in [6, 6.07) is 0. The first-order chi connectivity index (χ1) is 6.55. The fourth-order valence-electron chi connectivity index (χ4n) is 1.88. The van der Waals surface area contributed by atoms with E-state index in [1.54, 1.807) is 0 Å². The summed E-state index contributed by atoms with van der Waals surface area (Å²) in [6.45, 7) is 6.83. The predicted molar refractivity (Wildman–Crippen MR) is 64.5 cm³/mol. The van der Waals surface area contributed by atoms with Crippen LogP contribution in [0.2, 0.25) is 0 Å². The van der Waals surface area contributed by atoms with Gasteiger partial charge in [0.2, 0.25) is 0 Å². The second-order valence-electron chi connectivity index (χ2n) is 4.82. The molecule has 0 saturated heterocycles. The molecule has 0 bridgehead atoms. The zero-order chi connectivity index (χ0) is 10.6. The number of halogens is 1. The van der Waals surface area contributed by atoms with Crippen LogP contribution in [-0.2, 0) is 0 Å². The van der Waals surface area contributed by atoms with Crippen LogP contribution < -0.4 is 0 Å². The summed E-state index contributed by atoms with van der Waals surface area (Å²) in [4.78, 5) is 0. The van der Waals surface area contributed by atoms with Crippen molar-refractivity contribution < 1.29 is 0 Å². The van der Waals surface area contributed by atoms with Crippen LogP contribution in [0, 0.1) is 11.8 Å². The molecule has 0 aromatic carbocycles. The summed E-state index contributed by atoms with van der Waals surface area (Å²) in [5.74, 6) is 0.759. The lowest BCUT2D eigenvalue weighted by Crippen LogP contribution is -2.13. The first-order valence-corrected chi connectivity index (χ1v) is 5.88. The Bertz CT molecular complexity index is 240. The average molecular weight is 212 g/mol. The Balaban J connectivity index is 2.72. The molecule has 1 aliphatic carbocycles. The molecule has 1 radical (unpaired) electrons. The van der Waals surface area contributed by atoms with E-state index in [4.69, 9.17) is 11.6 Å². The Hall–Kier alpha value is -0.230. The van der Waals surface area contributed by atoms with Crippen LogP contribution in [0.5, 0.6) is 0 Å². The first kappa shape index (κ1) is 11.8. The Labute approximate surface area is 93.0 Å². The monoisotopic (exact) mass is 211 g/mol. The van der Waals surface area contributed by atoms with Crippen molar-refractivity contribution >= 4 is 11.6 Å². The van der Waals surface area contributed by atoms with Crippen molar-refractivity contribution in [3.05, 3.63) is 29.7 Å². The lowest BCUT2D eigenvalue weighted by molar-refractivity contribution is 0.502. The van der Waals surface area contributed by atoms with Crippen molar-refractivity contribution in [3.8, 4) is 0 Å². The van der Waals surface area contributed by atoms with Gasteiger partial charge in [-0.25, -0.2) is 0 Å². The number of rotatable bonds is 3. The summed E-state index contributed by atoms with van der Waals surface area (Å²) >= 11 is 5.73. The second kappa shape index (κ2) is 5.02. The van der Waals surface area contributed by atoms with E-state index in [1.807, 2.05) is 0 Å². The van der Waals surface area contributed by atoms with Gasteiger partial charge in [-0.1, -0.05) is 32.9 Å². The summed E-state index contributed by atoms with van der Waals surface area (Å²) in [5.41, 5.74) is 3.25. The van der Waals surface area contributed by atoms with Gasteiger partial charge in [0.1, 0.15) is 0 Å². The Morgan fingerprint density at radius 2 is 2.07 bits per heavy atom. The van der Waals surface area contributed by atoms with Gasteiger partial charge in [-0.15, -0.1) is 11.6 Å². The lowest BCUT2D eigenvalue weighted by atomic mass is 9.78. The lowest BCUT2D eigenvalue weighted by Gasteiger charge is -2.28. The summed E-state index contributed by atoms with van der Waals surface area (Å²) in [6.07, 6.45) is 10.1. The normalized spacial score (nSPS) is 17.7. The number of alkyl halides is 1. The third-order valence-electron chi connectivity index (χ3n) is 2.51. The minimum absolute atomic E-state index is 0.270. The SMILES string of the molecule is CC(C)(C)C1=CC[CH]C=C1CCCCl. The molecule has 1 aliphatic rings. The molecule has 1 heteroatoms. The molecule has 0 unspecified atom stereocenters. The molecule has 0 atom stereocenters. The zero-order valence-electron chi connectivity index (χ0n) is 9.44. The van der Waals surface area contributed by atoms with E-state index in [2.05, 4.69) is 39.3 Å². The van der Waals surface area contributed by atoms with Gasteiger partial charge in [0.25, 0.3) is 0 Å². The zero-order valence-corrected chi connectivity index (χ0v) is 10.2. The quantitative estimate of drug-likeness (QED) is 0.603. The fraction of sp³-hybridized carbons (Fsp3) is 0.615. The van der Waals surface area contributed by atoms with E-state index >= 15 is 0 Å². The molecule has 0 spiro atoms. The van der Waals surface area contributed by atoms with Crippen LogP contribution in [0.25, 0.3) is 0 Å². The van der Waals surface area contributed by atoms with Crippen molar-refractivity contribution in [2.45, 2.75) is 40.0 Å². The maximum absolute atomic E-state index is 5.73. The summed E-state index contributed by atoms with van der Waals surface area (Å²) in [5, 5.41) is 0. The maximum atomic E-state index is 5.73. The smallest absolute Gasteiger partial charge is 0.0226 e. The molecule has 14 heavy (non-hydrogen) atoms. The molecule has 0 nitrogen and oxygen atoms in total. The number of hydrogen-bond donors (Lipinski definition) is 0. The van der Waals surface area contributed by atoms with E-state index in [0.717, 1.165) is 25.1 Å². The highest BCUT2D eigenvalue weighted by Crippen LogP contribution is 2.36. The Morgan fingerprint density at radius 1 is 1.36 bits per heavy atom. The molecule has 0 N–H and O–H groups in total. The summed E-state index contributed by atoms with van der Waals surface area (Å²) < 4.78 is 0. The molecule has 0 fully saturated rings. The summed E-state index contributed by atoms with van der Waals surface area (Å²) in [7, 11) is 0. The van der Waals surface area contributed by atoms with Gasteiger partial charge < -0.3 is 0 Å². The van der Waals surface area contributed by atoms with Gasteiger partial charge in [-0.2, -0.15) is 0 Å². The van der Waals surface area contributed by atoms with Crippen LogP contribution >= 0.6 is 11.6 Å². The number of allylic oxidation sites excluding steroid dienone is 4. The maximum Gasteiger partial charge on any atom is 0.0226 e. The third kappa shape index (κ3) is 3.16. The third-order valence-corrected chi connectivity index (χ3v) is 2.78. The van der Waals surface area contributed by atoms with Crippen molar-refractivity contribution in [3.63, 3.8) is 0 Å². The van der Waals surface area contributed by atoms with Gasteiger partial charge in [0, 0.05) is 5.88 Å². The molecule has 0 saturated carbocycles. The molecule has 79 valence electrons. The van der Waals surface area contributed by atoms with Gasteiger partial charge in [0.05, 0.1) is 0 Å². The molecule has 1 rings (SSSR count). The second-order valence-corrected chi connectivity index (χ2v) is 5.20. The largest absolute Gasteiger partial charge is 0.127 e. The Morgan fingerprint density at radius 3 is 2.64 bits per heavy atom. The van der Waals surface area contributed by atoms with Crippen LogP contribution in [-0.4, -0.2) is 5.88 Å². The predicted octanol–water partition coefficient (Wildman–Crippen LogP) is 4.51. The fourth-order valence-corrected chi connectivity index (χ4v) is 2.01. The molecular formula is C13H20Cl. The van der Waals surface area contributed by atoms with Gasteiger partial charge in [0.15, 0.2) is 0 Å². The van der Waals surface area contributed by atoms with Crippen LogP contribution in [0.3, 0.4) is 0 Å². The van der Waals surface area contributed by atoms with E-state index in [-0.39, 0.29) is 5.41 Å². The minimum Gasteiger partial charge on any atom is -0.127 e. The molecule has 0 heterocycles. The van der Waals surface area contributed by atoms with Gasteiger partial charge >= 0.3 is 0 Å². The first-order valence-electron chi connectivity index (χ1n) is 5.35. The van der Waals surface area contributed by atoms with Gasteiger partial charge in [-0.05, 0) is 42.2 Å². The Kier molecular flexibility index (Phi) is 4.25. The van der Waals surface area contributed by atoms with E-state index in [0.29, 0.717) is 0 Å². The van der Waals surface area contributed by atoms with Crippen molar-refractivity contribution in [2.75, 3.05) is 5.88 Å². The topological polar surface area (TPSA) is 0 Å². The minimum atomic E-state index is 0.270. The molecule has 0 aromatic heterocycles. The van der Waals surface area contributed by atoms with Crippen molar-refractivity contribution in [2.24, 2.45) is 5.41 Å². The highest BCUT2D eigenvalue weighted by Gasteiger charge is 2.21. The van der Waals surface area contributed by atoms with Gasteiger partial charge in [-0.3, -0.25) is 0 Å².